The molecule has 4 aliphatic rings. The smallest absolute Gasteiger partial charge is 0.274 e. The molecule has 180 valence electrons. The summed E-state index contributed by atoms with van der Waals surface area (Å²) in [7, 11) is 0.109. The summed E-state index contributed by atoms with van der Waals surface area (Å²) >= 11 is 0. The Hall–Kier alpha value is -2.58. The van der Waals surface area contributed by atoms with Crippen molar-refractivity contribution in [3.8, 4) is 16.9 Å². The van der Waals surface area contributed by atoms with Crippen molar-refractivity contribution in [1.82, 2.24) is 9.55 Å². The molecule has 4 saturated carbocycles. The molecule has 2 atom stereocenters. The summed E-state index contributed by atoms with van der Waals surface area (Å²) in [5, 5.41) is 0.753. The first-order valence-corrected chi connectivity index (χ1v) is 13.8. The monoisotopic (exact) mass is 482 g/mol. The summed E-state index contributed by atoms with van der Waals surface area (Å²) in [4.78, 5) is 15.9. The van der Waals surface area contributed by atoms with Crippen LogP contribution in [0.1, 0.15) is 32.1 Å². The minimum absolute atomic E-state index is 0.128. The highest BCUT2D eigenvalue weighted by Crippen LogP contribution is 2.58. The van der Waals surface area contributed by atoms with Crippen molar-refractivity contribution in [3.05, 3.63) is 47.0 Å². The van der Waals surface area contributed by atoms with Gasteiger partial charge in [0.2, 0.25) is 0 Å². The van der Waals surface area contributed by atoms with Crippen LogP contribution in [0.3, 0.4) is 0 Å². The number of aromatic nitrogens is 2. The fourth-order valence-electron chi connectivity index (χ4n) is 7.17. The third-order valence-corrected chi connectivity index (χ3v) is 9.40. The number of aryl methyl sites for hydroxylation is 1. The average Bonchev–Trinajstić information content (AvgIpc) is 3.25. The molecule has 1 aromatic carbocycles. The summed E-state index contributed by atoms with van der Waals surface area (Å²) in [5.74, 6) is 2.33. The van der Waals surface area contributed by atoms with Gasteiger partial charge >= 0.3 is 0 Å². The molecular weight excluding hydrogens is 452 g/mol. The number of pyridine rings is 1. The molecule has 0 aliphatic heterocycles. The molecule has 34 heavy (non-hydrogen) atoms. The van der Waals surface area contributed by atoms with Gasteiger partial charge in [-0.1, -0.05) is 0 Å². The zero-order valence-electron chi connectivity index (χ0n) is 19.7. The van der Waals surface area contributed by atoms with Crippen molar-refractivity contribution in [1.29, 1.82) is 0 Å². The first kappa shape index (κ1) is 21.9. The second-order valence-electron chi connectivity index (χ2n) is 10.6. The Morgan fingerprint density at radius 1 is 1.09 bits per heavy atom. The number of fused-ring (bicyclic) bond motifs is 1. The summed E-state index contributed by atoms with van der Waals surface area (Å²) in [6.45, 7) is 0. The Morgan fingerprint density at radius 2 is 1.82 bits per heavy atom. The predicted molar refractivity (Wildman–Crippen MR) is 130 cm³/mol. The van der Waals surface area contributed by atoms with Crippen LogP contribution in [0.25, 0.3) is 22.0 Å². The fraction of sp³-hybridized carbons (Fsp3) is 0.500. The Morgan fingerprint density at radius 3 is 2.50 bits per heavy atom. The van der Waals surface area contributed by atoms with Crippen LogP contribution in [0.15, 0.2) is 46.3 Å². The first-order chi connectivity index (χ1) is 16.2. The van der Waals surface area contributed by atoms with Gasteiger partial charge in [0.1, 0.15) is 16.9 Å². The number of nitrogens with zero attached hydrogens (tertiary/aromatic N) is 1. The van der Waals surface area contributed by atoms with E-state index in [4.69, 9.17) is 9.47 Å². The van der Waals surface area contributed by atoms with E-state index >= 15 is 0 Å². The zero-order valence-corrected chi connectivity index (χ0v) is 20.5. The standard InChI is InChI=1S/C26H30N2O5S/c1-28-14-21(19-6-7-27-23(19)25(28)29)20-10-18(34(3,30)31)4-5-22(20)33-26-11-15-8-16(12-26)24(32-2)17(9-15)13-26/h4-7,10,14-17,24,27H,8-9,11-13H2,1-3H3. The zero-order chi connectivity index (χ0) is 23.8. The Bertz CT molecular complexity index is 1440. The molecule has 7 rings (SSSR count). The van der Waals surface area contributed by atoms with E-state index < -0.39 is 9.84 Å². The molecule has 4 aliphatic carbocycles. The number of ether oxygens (including phenoxy) is 2. The van der Waals surface area contributed by atoms with Crippen molar-refractivity contribution >= 4 is 20.7 Å². The van der Waals surface area contributed by atoms with Gasteiger partial charge in [0.05, 0.1) is 11.0 Å². The quantitative estimate of drug-likeness (QED) is 0.596. The third kappa shape index (κ3) is 3.33. The number of hydrogen-bond donors (Lipinski definition) is 1. The van der Waals surface area contributed by atoms with Gasteiger partial charge in [-0.2, -0.15) is 0 Å². The number of H-pyrrole nitrogens is 1. The molecule has 0 radical (unpaired) electrons. The highest BCUT2D eigenvalue weighted by Gasteiger charge is 2.57. The first-order valence-electron chi connectivity index (χ1n) is 11.9. The highest BCUT2D eigenvalue weighted by atomic mass is 32.2. The third-order valence-electron chi connectivity index (χ3n) is 8.29. The van der Waals surface area contributed by atoms with E-state index in [1.54, 1.807) is 37.6 Å². The van der Waals surface area contributed by atoms with Crippen molar-refractivity contribution in [2.45, 2.75) is 48.7 Å². The molecule has 4 fully saturated rings. The molecule has 2 heterocycles. The van der Waals surface area contributed by atoms with E-state index in [0.717, 1.165) is 30.2 Å². The Kier molecular flexibility index (Phi) is 4.81. The molecule has 7 nitrogen and oxygen atoms in total. The normalized spacial score (nSPS) is 30.2. The van der Waals surface area contributed by atoms with Gasteiger partial charge in [-0.05, 0) is 74.1 Å². The topological polar surface area (TPSA) is 90.4 Å². The second-order valence-corrected chi connectivity index (χ2v) is 12.6. The van der Waals surface area contributed by atoms with Crippen LogP contribution < -0.4 is 10.3 Å². The Balaban J connectivity index is 1.49. The van der Waals surface area contributed by atoms with Crippen LogP contribution >= 0.6 is 0 Å². The number of sulfone groups is 1. The maximum atomic E-state index is 12.6. The summed E-state index contributed by atoms with van der Waals surface area (Å²) in [6.07, 6.45) is 10.4. The average molecular weight is 483 g/mol. The molecule has 0 spiro atoms. The molecule has 2 unspecified atom stereocenters. The molecule has 2 aromatic heterocycles. The van der Waals surface area contributed by atoms with E-state index in [-0.39, 0.29) is 16.1 Å². The van der Waals surface area contributed by atoms with Crippen LogP contribution in [0.5, 0.6) is 5.75 Å². The van der Waals surface area contributed by atoms with Gasteiger partial charge < -0.3 is 19.0 Å². The molecule has 0 amide bonds. The summed E-state index contributed by atoms with van der Waals surface area (Å²) in [5.41, 5.74) is 1.58. The highest BCUT2D eigenvalue weighted by molar-refractivity contribution is 7.90. The van der Waals surface area contributed by atoms with Crippen LogP contribution in [0.2, 0.25) is 0 Å². The lowest BCUT2D eigenvalue weighted by Gasteiger charge is -2.59. The van der Waals surface area contributed by atoms with Crippen molar-refractivity contribution in [2.24, 2.45) is 24.8 Å². The molecule has 4 bridgehead atoms. The summed E-state index contributed by atoms with van der Waals surface area (Å²) < 4.78 is 39.2. The Labute approximate surface area is 199 Å². The van der Waals surface area contributed by atoms with Crippen LogP contribution in [0, 0.1) is 17.8 Å². The van der Waals surface area contributed by atoms with Gasteiger partial charge in [-0.15, -0.1) is 0 Å². The predicted octanol–water partition coefficient (Wildman–Crippen LogP) is 3.91. The van der Waals surface area contributed by atoms with Crippen molar-refractivity contribution < 1.29 is 17.9 Å². The van der Waals surface area contributed by atoms with Crippen molar-refractivity contribution in [2.75, 3.05) is 13.4 Å². The molecule has 1 N–H and O–H groups in total. The van der Waals surface area contributed by atoms with Gasteiger partial charge in [-0.3, -0.25) is 4.79 Å². The molecule has 8 heteroatoms. The van der Waals surface area contributed by atoms with Gasteiger partial charge in [-0.25, -0.2) is 8.42 Å². The van der Waals surface area contributed by atoms with Gasteiger partial charge in [0.25, 0.3) is 5.56 Å². The number of methoxy groups -OCH3 is 1. The van der Waals surface area contributed by atoms with E-state index in [9.17, 15) is 13.2 Å². The lowest BCUT2D eigenvalue weighted by atomic mass is 9.53. The maximum Gasteiger partial charge on any atom is 0.274 e. The SMILES string of the molecule is COC1C2CC3CC1CC(Oc1ccc(S(C)(=O)=O)cc1-c1cn(C)c(=O)c4[nH]ccc14)(C3)C2. The minimum atomic E-state index is -3.42. The van der Waals surface area contributed by atoms with E-state index in [1.165, 1.54) is 23.7 Å². The maximum absolute atomic E-state index is 12.6. The van der Waals surface area contributed by atoms with E-state index in [1.807, 2.05) is 13.2 Å². The largest absolute Gasteiger partial charge is 0.487 e. The molecule has 0 saturated heterocycles. The number of rotatable bonds is 5. The minimum Gasteiger partial charge on any atom is -0.487 e. The van der Waals surface area contributed by atoms with Crippen LogP contribution in [-0.4, -0.2) is 43.0 Å². The van der Waals surface area contributed by atoms with Crippen LogP contribution in [-0.2, 0) is 21.6 Å². The van der Waals surface area contributed by atoms with E-state index in [2.05, 4.69) is 4.98 Å². The van der Waals surface area contributed by atoms with Gasteiger partial charge in [0.15, 0.2) is 9.84 Å². The van der Waals surface area contributed by atoms with Crippen molar-refractivity contribution in [3.63, 3.8) is 0 Å². The number of nitrogens with one attached hydrogen (secondary N) is 1. The number of hydrogen-bond acceptors (Lipinski definition) is 5. The van der Waals surface area contributed by atoms with Crippen LogP contribution in [0.4, 0.5) is 0 Å². The lowest BCUT2D eigenvalue weighted by molar-refractivity contribution is -0.173. The second kappa shape index (κ2) is 7.46. The van der Waals surface area contributed by atoms with Gasteiger partial charge in [0, 0.05) is 49.3 Å². The molecule has 3 aromatic rings. The summed E-state index contributed by atoms with van der Waals surface area (Å²) in [6, 6.07) is 6.97. The van der Waals surface area contributed by atoms with E-state index in [0.29, 0.717) is 40.7 Å². The number of aromatic amines is 1. The number of benzene rings is 1. The fourth-order valence-corrected chi connectivity index (χ4v) is 7.82. The lowest BCUT2D eigenvalue weighted by Crippen LogP contribution is -2.59. The molecular formula is C26H30N2O5S.